The molecule has 0 spiro atoms. The number of allylic oxidation sites excluding steroid dienone is 1. The van der Waals surface area contributed by atoms with Crippen LogP contribution in [0.2, 0.25) is 0 Å². The van der Waals surface area contributed by atoms with E-state index in [9.17, 15) is 19.2 Å². The summed E-state index contributed by atoms with van der Waals surface area (Å²) in [6.07, 6.45) is 6.73. The number of anilines is 2. The molecule has 0 aliphatic heterocycles. The first-order valence-corrected chi connectivity index (χ1v) is 16.2. The van der Waals surface area contributed by atoms with Crippen LogP contribution in [-0.2, 0) is 28.4 Å². The fraction of sp³-hybridized carbons (Fsp3) is 0.263. The van der Waals surface area contributed by atoms with Crippen LogP contribution in [0.4, 0.5) is 15.9 Å². The molecular weight excluding hydrogens is 639 g/mol. The fourth-order valence-corrected chi connectivity index (χ4v) is 5.21. The van der Waals surface area contributed by atoms with Gasteiger partial charge >= 0.3 is 0 Å². The Morgan fingerprint density at radius 3 is 2.48 bits per heavy atom. The highest BCUT2D eigenvalue weighted by Crippen LogP contribution is 2.30. The third kappa shape index (κ3) is 8.09. The summed E-state index contributed by atoms with van der Waals surface area (Å²) in [5.74, 6) is -0.257. The number of benzene rings is 2. The number of pyridine rings is 2. The van der Waals surface area contributed by atoms with Crippen LogP contribution in [0, 0.1) is 5.82 Å². The highest BCUT2D eigenvalue weighted by Gasteiger charge is 2.21. The molecule has 2 N–H and O–H groups in total. The van der Waals surface area contributed by atoms with Gasteiger partial charge in [-0.3, -0.25) is 23.7 Å². The quantitative estimate of drug-likeness (QED) is 0.0874. The van der Waals surface area contributed by atoms with Crippen molar-refractivity contribution in [1.82, 2.24) is 24.6 Å². The highest BCUT2D eigenvalue weighted by atomic mass is 19.1. The maximum Gasteiger partial charge on any atom is 0.290 e. The Morgan fingerprint density at radius 2 is 1.80 bits per heavy atom. The lowest BCUT2D eigenvalue weighted by atomic mass is 9.84. The van der Waals surface area contributed by atoms with Gasteiger partial charge < -0.3 is 15.4 Å². The van der Waals surface area contributed by atoms with Crippen LogP contribution in [0.1, 0.15) is 49.2 Å². The summed E-state index contributed by atoms with van der Waals surface area (Å²) < 4.78 is 23.3. The molecule has 0 aliphatic carbocycles. The summed E-state index contributed by atoms with van der Waals surface area (Å²) in [6.45, 7) is 12.9. The van der Waals surface area contributed by atoms with E-state index in [1.807, 2.05) is 33.8 Å². The Bertz CT molecular complexity index is 2120. The van der Waals surface area contributed by atoms with Gasteiger partial charge in [0.05, 0.1) is 30.0 Å². The predicted octanol–water partition coefficient (Wildman–Crippen LogP) is 5.64. The number of nitrogens with zero attached hydrogens (tertiary/aromatic N) is 4. The first-order valence-electron chi connectivity index (χ1n) is 16.2. The van der Waals surface area contributed by atoms with Crippen LogP contribution in [0.3, 0.4) is 0 Å². The largest absolute Gasteiger partial charge is 0.379 e. The maximum atomic E-state index is 15.4. The zero-order valence-electron chi connectivity index (χ0n) is 28.8. The van der Waals surface area contributed by atoms with Gasteiger partial charge in [0.25, 0.3) is 11.1 Å². The molecule has 0 unspecified atom stereocenters. The van der Waals surface area contributed by atoms with E-state index in [-0.39, 0.29) is 28.0 Å². The van der Waals surface area contributed by atoms with E-state index in [0.29, 0.717) is 61.2 Å². The number of halogens is 1. The molecule has 2 aromatic carbocycles. The maximum absolute atomic E-state index is 15.4. The number of ether oxygens (including phenoxy) is 1. The standard InChI is InChI=1S/C36H35FN6O5.C2H6/c1-5-36(2,3)25-17-24-11-14-43(35(47)33(24)28(37)18-25)31-8-6-7-26(27(31)21-44)29-19-30(34(46)42(4)41-29)40-32-10-9-23(20-39-32)12-15-48-16-13-38-22-45;1-2/h5-11,14,17-22H,1,12-13,15-16H2,2-4H3,(H,38,45)(H,39,40);1-2H3. The smallest absolute Gasteiger partial charge is 0.290 e. The fourth-order valence-electron chi connectivity index (χ4n) is 5.21. The van der Waals surface area contributed by atoms with E-state index in [1.165, 1.54) is 29.9 Å². The molecule has 50 heavy (non-hydrogen) atoms. The molecule has 0 atom stereocenters. The van der Waals surface area contributed by atoms with Crippen LogP contribution in [0.25, 0.3) is 27.7 Å². The van der Waals surface area contributed by atoms with Crippen molar-refractivity contribution >= 4 is 35.0 Å². The average molecular weight is 681 g/mol. The van der Waals surface area contributed by atoms with Crippen LogP contribution in [0.5, 0.6) is 0 Å². The summed E-state index contributed by atoms with van der Waals surface area (Å²) in [5.41, 5.74) is 1.22. The molecule has 0 aliphatic rings. The van der Waals surface area contributed by atoms with E-state index in [1.54, 1.807) is 48.7 Å². The molecule has 5 rings (SSSR count). The Hall–Kier alpha value is -5.75. The number of aldehydes is 1. The van der Waals surface area contributed by atoms with Gasteiger partial charge in [0, 0.05) is 42.5 Å². The van der Waals surface area contributed by atoms with Gasteiger partial charge in [-0.15, -0.1) is 6.58 Å². The zero-order valence-corrected chi connectivity index (χ0v) is 28.8. The molecule has 3 aromatic heterocycles. The number of rotatable bonds is 14. The topological polar surface area (TPSA) is 137 Å². The number of aromatic nitrogens is 4. The normalized spacial score (nSPS) is 11.0. The van der Waals surface area contributed by atoms with Gasteiger partial charge in [-0.1, -0.05) is 52.0 Å². The van der Waals surface area contributed by atoms with Crippen molar-refractivity contribution in [3.05, 3.63) is 123 Å². The number of aryl methyl sites for hydroxylation is 1. The van der Waals surface area contributed by atoms with Crippen molar-refractivity contribution in [3.63, 3.8) is 0 Å². The Morgan fingerprint density at radius 1 is 1.02 bits per heavy atom. The molecule has 1 amide bonds. The third-order valence-electron chi connectivity index (χ3n) is 8.11. The molecule has 0 radical (unpaired) electrons. The molecule has 0 bridgehead atoms. The van der Waals surface area contributed by atoms with Crippen molar-refractivity contribution < 1.29 is 18.7 Å². The number of fused-ring (bicyclic) bond motifs is 1. The molecule has 11 nitrogen and oxygen atoms in total. The number of nitrogens with one attached hydrogen (secondary N) is 2. The van der Waals surface area contributed by atoms with Gasteiger partial charge in [0.1, 0.15) is 17.3 Å². The predicted molar refractivity (Wildman–Crippen MR) is 194 cm³/mol. The molecule has 0 saturated heterocycles. The lowest BCUT2D eigenvalue weighted by Crippen LogP contribution is -2.23. The van der Waals surface area contributed by atoms with Crippen molar-refractivity contribution in [2.24, 2.45) is 7.05 Å². The van der Waals surface area contributed by atoms with E-state index in [2.05, 4.69) is 27.3 Å². The molecular formula is C38H41FN6O5. The molecule has 0 saturated carbocycles. The van der Waals surface area contributed by atoms with Crippen molar-refractivity contribution in [1.29, 1.82) is 0 Å². The Balaban J connectivity index is 0.00000276. The third-order valence-corrected chi connectivity index (χ3v) is 8.11. The first kappa shape index (κ1) is 37.1. The van der Waals surface area contributed by atoms with E-state index >= 15 is 4.39 Å². The van der Waals surface area contributed by atoms with Crippen LogP contribution in [0.15, 0.2) is 89.2 Å². The molecule has 260 valence electrons. The Labute approximate surface area is 289 Å². The van der Waals surface area contributed by atoms with Gasteiger partial charge in [-0.2, -0.15) is 5.10 Å². The minimum absolute atomic E-state index is 0.104. The zero-order chi connectivity index (χ0) is 36.4. The van der Waals surface area contributed by atoms with Crippen LogP contribution in [-0.4, -0.2) is 51.8 Å². The lowest BCUT2D eigenvalue weighted by Gasteiger charge is -2.21. The second-order valence-corrected chi connectivity index (χ2v) is 11.7. The SMILES string of the molecule is C=CC(C)(C)c1cc(F)c2c(=O)n(-c3cccc(-c4cc(Nc5ccc(CCOCCNC=O)cn5)c(=O)n(C)n4)c3C=O)ccc2c1.CC. The summed E-state index contributed by atoms with van der Waals surface area (Å²) in [7, 11) is 1.49. The second kappa shape index (κ2) is 16.6. The lowest BCUT2D eigenvalue weighted by molar-refractivity contribution is -0.109. The van der Waals surface area contributed by atoms with Gasteiger partial charge in [0.15, 0.2) is 6.29 Å². The van der Waals surface area contributed by atoms with E-state index < -0.39 is 22.4 Å². The van der Waals surface area contributed by atoms with Crippen molar-refractivity contribution in [2.45, 2.75) is 39.5 Å². The van der Waals surface area contributed by atoms with Crippen molar-refractivity contribution in [3.8, 4) is 16.9 Å². The number of hydrogen-bond acceptors (Lipinski definition) is 8. The van der Waals surface area contributed by atoms with Crippen molar-refractivity contribution in [2.75, 3.05) is 25.1 Å². The number of amides is 1. The van der Waals surface area contributed by atoms with E-state index in [0.717, 1.165) is 10.2 Å². The van der Waals surface area contributed by atoms with Gasteiger partial charge in [-0.05, 0) is 59.3 Å². The first-order chi connectivity index (χ1) is 24.1. The van der Waals surface area contributed by atoms with Gasteiger partial charge in [0.2, 0.25) is 6.41 Å². The molecule has 0 fully saturated rings. The minimum atomic E-state index is -0.672. The summed E-state index contributed by atoms with van der Waals surface area (Å²) in [6, 6.07) is 14.7. The van der Waals surface area contributed by atoms with Crippen LogP contribution < -0.4 is 21.8 Å². The molecule has 3 heterocycles. The van der Waals surface area contributed by atoms with Crippen LogP contribution >= 0.6 is 0 Å². The monoisotopic (exact) mass is 680 g/mol. The summed E-state index contributed by atoms with van der Waals surface area (Å²) in [5, 5.41) is 10.3. The number of hydrogen-bond donors (Lipinski definition) is 2. The molecule has 5 aromatic rings. The second-order valence-electron chi connectivity index (χ2n) is 11.7. The van der Waals surface area contributed by atoms with E-state index in [4.69, 9.17) is 4.74 Å². The minimum Gasteiger partial charge on any atom is -0.379 e. The highest BCUT2D eigenvalue weighted by molar-refractivity contribution is 5.92. The summed E-state index contributed by atoms with van der Waals surface area (Å²) >= 11 is 0. The average Bonchev–Trinajstić information content (AvgIpc) is 3.12. The summed E-state index contributed by atoms with van der Waals surface area (Å²) in [4.78, 5) is 54.0. The Kier molecular flexibility index (Phi) is 12.3. The van der Waals surface area contributed by atoms with Gasteiger partial charge in [-0.25, -0.2) is 14.1 Å². The number of carbonyl (C=O) groups is 2. The number of carbonyl (C=O) groups excluding carboxylic acids is 2. The molecule has 12 heteroatoms.